The van der Waals surface area contributed by atoms with E-state index in [1.807, 2.05) is 12.3 Å². The van der Waals surface area contributed by atoms with E-state index in [0.717, 1.165) is 37.1 Å². The monoisotopic (exact) mass is 337 g/mol. The molecule has 6 heteroatoms. The number of hydrogen-bond donors (Lipinski definition) is 2. The van der Waals surface area contributed by atoms with Gasteiger partial charge in [-0.15, -0.1) is 11.8 Å². The minimum absolute atomic E-state index is 0.0466. The first-order valence-electron chi connectivity index (χ1n) is 8.62. The van der Waals surface area contributed by atoms with Crippen LogP contribution >= 0.6 is 11.8 Å². The molecule has 2 aliphatic carbocycles. The van der Waals surface area contributed by atoms with Crippen LogP contribution in [0.3, 0.4) is 0 Å². The predicted molar refractivity (Wildman–Crippen MR) is 89.3 cm³/mol. The van der Waals surface area contributed by atoms with Gasteiger partial charge in [0.25, 0.3) is 0 Å². The number of ketones is 2. The predicted octanol–water partition coefficient (Wildman–Crippen LogP) is 1.44. The fourth-order valence-electron chi connectivity index (χ4n) is 5.93. The molecular formula is C18H15N3O2S. The maximum atomic E-state index is 13.2. The van der Waals surface area contributed by atoms with Crippen LogP contribution in [0.4, 0.5) is 0 Å². The summed E-state index contributed by atoms with van der Waals surface area (Å²) >= 11 is 1.77. The second-order valence-electron chi connectivity index (χ2n) is 7.76. The minimum Gasteiger partial charge on any atom is -0.360 e. The van der Waals surface area contributed by atoms with Crippen LogP contribution in [0.15, 0.2) is 22.8 Å². The molecule has 0 amide bonds. The van der Waals surface area contributed by atoms with Crippen molar-refractivity contribution >= 4 is 29.0 Å². The molecular weight excluding hydrogens is 322 g/mol. The number of carbonyl (C=O) groups excluding carboxylic acids is 2. The Morgan fingerprint density at radius 1 is 1.29 bits per heavy atom. The quantitative estimate of drug-likeness (QED) is 0.750. The van der Waals surface area contributed by atoms with Gasteiger partial charge in [0.05, 0.1) is 23.2 Å². The van der Waals surface area contributed by atoms with Crippen LogP contribution in [0.5, 0.6) is 0 Å². The Hall–Kier alpha value is -1.79. The summed E-state index contributed by atoms with van der Waals surface area (Å²) in [4.78, 5) is 32.7. The molecule has 3 bridgehead atoms. The summed E-state index contributed by atoms with van der Waals surface area (Å²) in [5.74, 6) is 0.425. The van der Waals surface area contributed by atoms with Gasteiger partial charge in [0, 0.05) is 34.3 Å². The zero-order valence-electron chi connectivity index (χ0n) is 12.9. The van der Waals surface area contributed by atoms with Crippen molar-refractivity contribution in [2.24, 2.45) is 5.41 Å². The molecule has 1 aromatic heterocycles. The number of H-pyrrole nitrogens is 1. The lowest BCUT2D eigenvalue weighted by atomic mass is 9.59. The Morgan fingerprint density at radius 2 is 2.21 bits per heavy atom. The van der Waals surface area contributed by atoms with Gasteiger partial charge in [0.1, 0.15) is 0 Å². The third kappa shape index (κ3) is 1.10. The van der Waals surface area contributed by atoms with E-state index in [4.69, 9.17) is 0 Å². The first-order chi connectivity index (χ1) is 11.7. The van der Waals surface area contributed by atoms with Crippen LogP contribution in [0.1, 0.15) is 34.5 Å². The highest BCUT2D eigenvalue weighted by Crippen LogP contribution is 2.67. The van der Waals surface area contributed by atoms with Crippen LogP contribution in [0.25, 0.3) is 5.70 Å². The van der Waals surface area contributed by atoms with E-state index in [-0.39, 0.29) is 34.4 Å². The minimum atomic E-state index is -0.231. The lowest BCUT2D eigenvalue weighted by molar-refractivity contribution is -0.120. The van der Waals surface area contributed by atoms with E-state index in [9.17, 15) is 9.59 Å². The summed E-state index contributed by atoms with van der Waals surface area (Å²) in [6, 6.07) is -0.277. The lowest BCUT2D eigenvalue weighted by Crippen LogP contribution is -2.61. The summed E-state index contributed by atoms with van der Waals surface area (Å²) in [5, 5.41) is 3.81. The van der Waals surface area contributed by atoms with Crippen LogP contribution in [-0.4, -0.2) is 45.5 Å². The van der Waals surface area contributed by atoms with Gasteiger partial charge in [-0.2, -0.15) is 0 Å². The Morgan fingerprint density at radius 3 is 3.12 bits per heavy atom. The molecule has 24 heavy (non-hydrogen) atoms. The highest BCUT2D eigenvalue weighted by Gasteiger charge is 2.64. The zero-order chi connectivity index (χ0) is 15.8. The van der Waals surface area contributed by atoms with E-state index in [0.29, 0.717) is 0 Å². The second kappa shape index (κ2) is 3.58. The molecule has 5 heterocycles. The van der Waals surface area contributed by atoms with Crippen molar-refractivity contribution in [2.75, 3.05) is 6.54 Å². The van der Waals surface area contributed by atoms with Crippen molar-refractivity contribution in [3.8, 4) is 0 Å². The van der Waals surface area contributed by atoms with Gasteiger partial charge in [-0.05, 0) is 36.5 Å². The summed E-state index contributed by atoms with van der Waals surface area (Å²) in [7, 11) is 0. The number of piperidine rings is 1. The maximum absolute atomic E-state index is 13.2. The number of hydrogen-bond acceptors (Lipinski definition) is 5. The summed E-state index contributed by atoms with van der Waals surface area (Å²) in [5.41, 5.74) is 5.45. The van der Waals surface area contributed by atoms with Gasteiger partial charge in [0.2, 0.25) is 5.78 Å². The fourth-order valence-corrected chi connectivity index (χ4v) is 7.49. The van der Waals surface area contributed by atoms with E-state index < -0.39 is 0 Å². The summed E-state index contributed by atoms with van der Waals surface area (Å²) in [6.07, 6.45) is 6.66. The number of thioether (sulfide) groups is 1. The highest BCUT2D eigenvalue weighted by atomic mass is 32.2. The Bertz CT molecular complexity index is 957. The second-order valence-corrected chi connectivity index (χ2v) is 9.00. The first-order valence-corrected chi connectivity index (χ1v) is 9.50. The fraction of sp³-hybridized carbons (Fsp3) is 0.444. The number of aromatic nitrogens is 1. The van der Waals surface area contributed by atoms with E-state index in [1.165, 1.54) is 21.7 Å². The molecule has 4 aliphatic heterocycles. The van der Waals surface area contributed by atoms with Crippen LogP contribution < -0.4 is 5.32 Å². The molecule has 5 nitrogen and oxygen atoms in total. The molecule has 0 saturated carbocycles. The van der Waals surface area contributed by atoms with Gasteiger partial charge < -0.3 is 9.88 Å². The number of Topliss-reactive ketones (excluding diaryl/α,β-unsaturated/α-hetero) is 1. The topological polar surface area (TPSA) is 65.2 Å². The van der Waals surface area contributed by atoms with Crippen molar-refractivity contribution in [2.45, 2.75) is 36.7 Å². The Labute approximate surface area is 142 Å². The number of fused-ring (bicyclic) bond motifs is 3. The van der Waals surface area contributed by atoms with Crippen molar-refractivity contribution in [3.05, 3.63) is 39.6 Å². The number of aromatic amines is 1. The molecule has 0 aromatic carbocycles. The first kappa shape index (κ1) is 12.6. The van der Waals surface area contributed by atoms with Gasteiger partial charge >= 0.3 is 0 Å². The Balaban J connectivity index is 1.66. The number of nitrogens with one attached hydrogen (secondary N) is 2. The van der Waals surface area contributed by atoms with Crippen LogP contribution in [0, 0.1) is 5.41 Å². The molecule has 4 atom stereocenters. The number of carbonyl (C=O) groups is 2. The van der Waals surface area contributed by atoms with Gasteiger partial charge in [-0.25, -0.2) is 0 Å². The average molecular weight is 337 g/mol. The van der Waals surface area contributed by atoms with Gasteiger partial charge in [0.15, 0.2) is 5.78 Å². The standard InChI is InChI=1S/C18H15N3O2S/c22-9-3-10-18-4-8(9)21-2-1-7-6-19-14-12(7)16(21)13(18)15(17(14)23)20-11(5-18)24-10/h3,6,8,11,15,19-20H,1-2,4-5H2. The smallest absolute Gasteiger partial charge is 0.200 e. The van der Waals surface area contributed by atoms with Crippen LogP contribution in [-0.2, 0) is 11.2 Å². The molecule has 0 radical (unpaired) electrons. The van der Waals surface area contributed by atoms with Crippen molar-refractivity contribution in [1.82, 2.24) is 15.2 Å². The molecule has 120 valence electrons. The zero-order valence-corrected chi connectivity index (χ0v) is 13.7. The third-order valence-corrected chi connectivity index (χ3v) is 8.17. The van der Waals surface area contributed by atoms with Crippen molar-refractivity contribution in [1.29, 1.82) is 0 Å². The summed E-state index contributed by atoms with van der Waals surface area (Å²) < 4.78 is 0. The normalized spacial score (nSPS) is 40.2. The largest absolute Gasteiger partial charge is 0.360 e. The average Bonchev–Trinajstić information content (AvgIpc) is 3.11. The van der Waals surface area contributed by atoms with Gasteiger partial charge in [-0.3, -0.25) is 14.9 Å². The molecule has 1 spiro atoms. The lowest BCUT2D eigenvalue weighted by Gasteiger charge is -2.55. The number of allylic oxidation sites excluding steroid dienone is 1. The van der Waals surface area contributed by atoms with Crippen LogP contribution in [0.2, 0.25) is 0 Å². The molecule has 2 saturated heterocycles. The molecule has 2 fully saturated rings. The Kier molecular flexibility index (Phi) is 1.87. The molecule has 6 aliphatic rings. The highest BCUT2D eigenvalue weighted by molar-refractivity contribution is 8.04. The van der Waals surface area contributed by atoms with Crippen molar-refractivity contribution in [3.63, 3.8) is 0 Å². The van der Waals surface area contributed by atoms with Crippen molar-refractivity contribution < 1.29 is 9.59 Å². The summed E-state index contributed by atoms with van der Waals surface area (Å²) in [6.45, 7) is 0.871. The molecule has 7 rings (SSSR count). The molecule has 1 aromatic rings. The van der Waals surface area contributed by atoms with E-state index in [1.54, 1.807) is 11.8 Å². The van der Waals surface area contributed by atoms with Gasteiger partial charge in [-0.1, -0.05) is 0 Å². The number of rotatable bonds is 0. The van der Waals surface area contributed by atoms with E-state index in [2.05, 4.69) is 15.2 Å². The SMILES string of the molecule is O=C1c2[nH]cc3c2C2=C4C1NC1CC45CC(C(=O)C=C5S1)N2CC3. The number of nitrogens with zero attached hydrogens (tertiary/aromatic N) is 1. The maximum Gasteiger partial charge on any atom is 0.200 e. The van der Waals surface area contributed by atoms with E-state index >= 15 is 0 Å². The molecule has 4 unspecified atom stereocenters. The molecule has 2 N–H and O–H groups in total. The third-order valence-electron chi connectivity index (χ3n) is 6.82.